The first kappa shape index (κ1) is 15.4. The van der Waals surface area contributed by atoms with Crippen LogP contribution >= 0.6 is 0 Å². The monoisotopic (exact) mass is 232 g/mol. The molecule has 0 unspecified atom stereocenters. The van der Waals surface area contributed by atoms with Crippen LogP contribution in [0.3, 0.4) is 0 Å². The third-order valence-corrected chi connectivity index (χ3v) is 1.78. The van der Waals surface area contributed by atoms with Crippen molar-refractivity contribution in [2.75, 3.05) is 40.9 Å². The molecule has 0 atom stereocenters. The highest BCUT2D eigenvalue weighted by molar-refractivity contribution is 5.69. The van der Waals surface area contributed by atoms with Gasteiger partial charge in [-0.15, -0.1) is 0 Å². The Bertz CT molecular complexity index is 213. The molecule has 0 aliphatic rings. The van der Waals surface area contributed by atoms with E-state index in [1.54, 1.807) is 0 Å². The van der Waals surface area contributed by atoms with E-state index in [1.165, 1.54) is 0 Å². The van der Waals surface area contributed by atoms with Crippen molar-refractivity contribution in [3.05, 3.63) is 0 Å². The van der Waals surface area contributed by atoms with E-state index < -0.39 is 5.60 Å². The van der Waals surface area contributed by atoms with Crippen LogP contribution in [0, 0.1) is 0 Å². The third kappa shape index (κ3) is 11.5. The fourth-order valence-corrected chi connectivity index (χ4v) is 0.989. The Morgan fingerprint density at radius 1 is 1.12 bits per heavy atom. The predicted octanol–water partition coefficient (Wildman–Crippen LogP) is 1.44. The van der Waals surface area contributed by atoms with Gasteiger partial charge in [0.1, 0.15) is 12.1 Å². The van der Waals surface area contributed by atoms with Crippen molar-refractivity contribution in [2.24, 2.45) is 0 Å². The van der Waals surface area contributed by atoms with E-state index in [4.69, 9.17) is 9.47 Å². The molecule has 0 saturated carbocycles. The first-order valence-corrected chi connectivity index (χ1v) is 5.70. The van der Waals surface area contributed by atoms with E-state index >= 15 is 0 Å². The number of carbonyl (C=O) groups is 1. The Hall–Kier alpha value is -0.610. The smallest absolute Gasteiger partial charge is 0.308 e. The minimum absolute atomic E-state index is 0.197. The van der Waals surface area contributed by atoms with Gasteiger partial charge in [-0.25, -0.2) is 0 Å². The summed E-state index contributed by atoms with van der Waals surface area (Å²) in [6, 6.07) is 0. The van der Waals surface area contributed by atoms with E-state index in [1.807, 2.05) is 20.8 Å². The largest absolute Gasteiger partial charge is 0.460 e. The molecular weight excluding hydrogens is 206 g/mol. The molecule has 0 aliphatic heterocycles. The van der Waals surface area contributed by atoms with Crippen molar-refractivity contribution in [3.63, 3.8) is 0 Å². The number of hydrogen-bond donors (Lipinski definition) is 0. The van der Waals surface area contributed by atoms with Crippen LogP contribution < -0.4 is 0 Å². The van der Waals surface area contributed by atoms with Crippen molar-refractivity contribution < 1.29 is 18.8 Å². The van der Waals surface area contributed by atoms with Crippen LogP contribution in [0.1, 0.15) is 27.2 Å². The lowest BCUT2D eigenvalue weighted by atomic mass is 10.2. The van der Waals surface area contributed by atoms with Crippen LogP contribution in [-0.4, -0.2) is 57.0 Å². The molecule has 0 aromatic carbocycles. The van der Waals surface area contributed by atoms with Crippen molar-refractivity contribution in [3.8, 4) is 0 Å². The second kappa shape index (κ2) is 6.21. The first-order valence-electron chi connectivity index (χ1n) is 5.70. The van der Waals surface area contributed by atoms with Gasteiger partial charge in [-0.3, -0.25) is 4.79 Å². The molecule has 0 amide bonds. The topological polar surface area (TPSA) is 35.5 Å². The predicted molar refractivity (Wildman–Crippen MR) is 64.2 cm³/mol. The number of carbonyl (C=O) groups excluding carboxylic acids is 1. The average molecular weight is 232 g/mol. The molecule has 0 spiro atoms. The molecule has 0 fully saturated rings. The maximum Gasteiger partial charge on any atom is 0.308 e. The normalized spacial score (nSPS) is 12.6. The van der Waals surface area contributed by atoms with Gasteiger partial charge < -0.3 is 14.0 Å². The van der Waals surface area contributed by atoms with Crippen LogP contribution in [-0.2, 0) is 14.3 Å². The Morgan fingerprint density at radius 3 is 2.12 bits per heavy atom. The maximum atomic E-state index is 11.3. The lowest BCUT2D eigenvalue weighted by Gasteiger charge is -2.23. The van der Waals surface area contributed by atoms with Crippen LogP contribution in [0.25, 0.3) is 0 Å². The quantitative estimate of drug-likeness (QED) is 0.395. The van der Waals surface area contributed by atoms with Gasteiger partial charge in [-0.1, -0.05) is 0 Å². The van der Waals surface area contributed by atoms with Gasteiger partial charge in [0.05, 0.1) is 40.8 Å². The van der Waals surface area contributed by atoms with Gasteiger partial charge in [0.2, 0.25) is 0 Å². The minimum atomic E-state index is -0.403. The summed E-state index contributed by atoms with van der Waals surface area (Å²) in [6.07, 6.45) is 0.328. The molecule has 16 heavy (non-hydrogen) atoms. The Balaban J connectivity index is 3.50. The van der Waals surface area contributed by atoms with Crippen molar-refractivity contribution >= 4 is 5.97 Å². The van der Waals surface area contributed by atoms with Crippen LogP contribution in [0.2, 0.25) is 0 Å². The SMILES string of the molecule is CC(C)(C)OC(=O)CCOCC[N+](C)(C)C. The highest BCUT2D eigenvalue weighted by atomic mass is 16.6. The van der Waals surface area contributed by atoms with E-state index in [-0.39, 0.29) is 5.97 Å². The summed E-state index contributed by atoms with van der Waals surface area (Å²) in [4.78, 5) is 11.3. The number of quaternary nitrogens is 1. The highest BCUT2D eigenvalue weighted by Crippen LogP contribution is 2.08. The van der Waals surface area contributed by atoms with Crippen molar-refractivity contribution in [1.29, 1.82) is 0 Å². The first-order chi connectivity index (χ1) is 7.10. The summed E-state index contributed by atoms with van der Waals surface area (Å²) in [5, 5.41) is 0. The molecule has 0 rings (SSSR count). The molecule has 0 bridgehead atoms. The molecule has 0 heterocycles. The lowest BCUT2D eigenvalue weighted by Crippen LogP contribution is -2.37. The highest BCUT2D eigenvalue weighted by Gasteiger charge is 2.15. The van der Waals surface area contributed by atoms with Gasteiger partial charge >= 0.3 is 5.97 Å². The molecule has 96 valence electrons. The molecule has 0 N–H and O–H groups in total. The fourth-order valence-electron chi connectivity index (χ4n) is 0.989. The van der Waals surface area contributed by atoms with E-state index in [0.717, 1.165) is 11.0 Å². The van der Waals surface area contributed by atoms with Crippen LogP contribution in [0.4, 0.5) is 0 Å². The zero-order valence-electron chi connectivity index (χ0n) is 11.5. The molecule has 4 nitrogen and oxygen atoms in total. The summed E-state index contributed by atoms with van der Waals surface area (Å²) in [5.74, 6) is -0.197. The number of rotatable bonds is 6. The summed E-state index contributed by atoms with van der Waals surface area (Å²) >= 11 is 0. The number of hydrogen-bond acceptors (Lipinski definition) is 3. The van der Waals surface area contributed by atoms with Gasteiger partial charge in [-0.05, 0) is 20.8 Å². The van der Waals surface area contributed by atoms with Crippen molar-refractivity contribution in [2.45, 2.75) is 32.8 Å². The van der Waals surface area contributed by atoms with Gasteiger partial charge in [0, 0.05) is 0 Å². The molecule has 0 aliphatic carbocycles. The molecule has 4 heteroatoms. The molecule has 0 saturated heterocycles. The molecular formula is C12H26NO3+. The molecule has 0 radical (unpaired) electrons. The molecule has 0 aromatic rings. The number of ether oxygens (including phenoxy) is 2. The van der Waals surface area contributed by atoms with Crippen LogP contribution in [0.5, 0.6) is 0 Å². The van der Waals surface area contributed by atoms with E-state index in [2.05, 4.69) is 21.1 Å². The Labute approximate surface area is 99.1 Å². The fraction of sp³-hybridized carbons (Fsp3) is 0.917. The second-order valence-corrected chi connectivity index (χ2v) is 5.96. The third-order valence-electron chi connectivity index (χ3n) is 1.78. The average Bonchev–Trinajstić information content (AvgIpc) is 1.97. The standard InChI is InChI=1S/C12H26NO3/c1-12(2,3)16-11(14)7-9-15-10-8-13(4,5)6/h7-10H2,1-6H3/q+1. The maximum absolute atomic E-state index is 11.3. The lowest BCUT2D eigenvalue weighted by molar-refractivity contribution is -0.870. The zero-order valence-corrected chi connectivity index (χ0v) is 11.5. The number of esters is 1. The number of nitrogens with zero attached hydrogens (tertiary/aromatic N) is 1. The van der Waals surface area contributed by atoms with Crippen LogP contribution in [0.15, 0.2) is 0 Å². The van der Waals surface area contributed by atoms with Gasteiger partial charge in [0.15, 0.2) is 0 Å². The van der Waals surface area contributed by atoms with E-state index in [9.17, 15) is 4.79 Å². The minimum Gasteiger partial charge on any atom is -0.460 e. The summed E-state index contributed by atoms with van der Waals surface area (Å²) < 4.78 is 11.4. The Kier molecular flexibility index (Phi) is 5.97. The van der Waals surface area contributed by atoms with Gasteiger partial charge in [0.25, 0.3) is 0 Å². The summed E-state index contributed by atoms with van der Waals surface area (Å²) in [5.41, 5.74) is -0.403. The molecule has 0 aromatic heterocycles. The summed E-state index contributed by atoms with van der Waals surface area (Å²) in [6.45, 7) is 7.64. The number of likely N-dealkylation sites (N-methyl/N-ethyl adjacent to an activating group) is 1. The Morgan fingerprint density at radius 2 is 1.69 bits per heavy atom. The van der Waals surface area contributed by atoms with E-state index in [0.29, 0.717) is 19.6 Å². The second-order valence-electron chi connectivity index (χ2n) is 5.96. The zero-order chi connectivity index (χ0) is 12.8. The van der Waals surface area contributed by atoms with Gasteiger partial charge in [-0.2, -0.15) is 0 Å². The summed E-state index contributed by atoms with van der Waals surface area (Å²) in [7, 11) is 6.33. The van der Waals surface area contributed by atoms with Crippen molar-refractivity contribution in [1.82, 2.24) is 0 Å².